The third kappa shape index (κ3) is 5.01. The number of benzene rings is 7. The Morgan fingerprint density at radius 3 is 1.71 bits per heavy atom. The molecule has 3 aromatic heterocycles. The lowest BCUT2D eigenvalue weighted by Crippen LogP contribution is -2.02. The highest BCUT2D eigenvalue weighted by Gasteiger charge is 2.20. The second kappa shape index (κ2) is 11.9. The topological polar surface area (TPSA) is 43.6 Å². The summed E-state index contributed by atoms with van der Waals surface area (Å²) in [4.78, 5) is 15.1. The van der Waals surface area contributed by atoms with Crippen LogP contribution in [-0.2, 0) is 0 Å². The molecule has 0 unspecified atom stereocenters. The molecule has 0 aliphatic heterocycles. The number of hydrogen-bond acceptors (Lipinski definition) is 4. The number of thiophene rings is 1. The first-order valence-electron chi connectivity index (χ1n) is 17.1. The van der Waals surface area contributed by atoms with E-state index in [0.717, 1.165) is 33.5 Å². The summed E-state index contributed by atoms with van der Waals surface area (Å²) in [6.07, 6.45) is 0. The van der Waals surface area contributed by atoms with Crippen LogP contribution in [0.4, 0.5) is 0 Å². The van der Waals surface area contributed by atoms with E-state index in [1.54, 1.807) is 0 Å². The fourth-order valence-electron chi connectivity index (χ4n) is 7.22. The number of hydrogen-bond donors (Lipinski definition) is 0. The van der Waals surface area contributed by atoms with E-state index >= 15 is 0 Å². The van der Waals surface area contributed by atoms with Gasteiger partial charge in [-0.1, -0.05) is 127 Å². The Hall–Kier alpha value is -6.43. The molecule has 240 valence electrons. The first kappa shape index (κ1) is 29.5. The zero-order chi connectivity index (χ0) is 33.9. The average molecular weight is 671 g/mol. The van der Waals surface area contributed by atoms with E-state index in [-0.39, 0.29) is 0 Å². The van der Waals surface area contributed by atoms with Crippen LogP contribution in [0.1, 0.15) is 5.56 Å². The molecule has 51 heavy (non-hydrogen) atoms. The molecule has 0 saturated heterocycles. The minimum absolute atomic E-state index is 0.635. The number of aromatic nitrogens is 4. The highest BCUT2D eigenvalue weighted by atomic mass is 32.1. The zero-order valence-electron chi connectivity index (χ0n) is 27.8. The molecule has 10 rings (SSSR count). The summed E-state index contributed by atoms with van der Waals surface area (Å²) in [5.41, 5.74) is 9.75. The molecule has 0 amide bonds. The molecule has 0 spiro atoms. The van der Waals surface area contributed by atoms with Crippen molar-refractivity contribution in [2.45, 2.75) is 6.92 Å². The van der Waals surface area contributed by atoms with Crippen LogP contribution in [0.15, 0.2) is 164 Å². The number of fused-ring (bicyclic) bond motifs is 6. The predicted molar refractivity (Wildman–Crippen MR) is 214 cm³/mol. The van der Waals surface area contributed by atoms with Crippen LogP contribution < -0.4 is 0 Å². The fraction of sp³-hybridized carbons (Fsp3) is 0.0217. The summed E-state index contributed by atoms with van der Waals surface area (Å²) in [5, 5.41) is 5.07. The van der Waals surface area contributed by atoms with Crippen molar-refractivity contribution in [3.8, 4) is 51.0 Å². The van der Waals surface area contributed by atoms with Crippen molar-refractivity contribution in [3.63, 3.8) is 0 Å². The second-order valence-corrected chi connectivity index (χ2v) is 14.0. The predicted octanol–water partition coefficient (Wildman–Crippen LogP) is 12.3. The molecule has 4 nitrogen and oxygen atoms in total. The maximum atomic E-state index is 5.07. The van der Waals surface area contributed by atoms with Gasteiger partial charge in [0.25, 0.3) is 0 Å². The fourth-order valence-corrected chi connectivity index (χ4v) is 8.35. The van der Waals surface area contributed by atoms with Gasteiger partial charge < -0.3 is 4.57 Å². The van der Waals surface area contributed by atoms with Crippen molar-refractivity contribution in [1.29, 1.82) is 0 Å². The lowest BCUT2D eigenvalue weighted by atomic mass is 9.99. The smallest absolute Gasteiger partial charge is 0.164 e. The maximum Gasteiger partial charge on any atom is 0.164 e. The number of aryl methyl sites for hydroxylation is 1. The summed E-state index contributed by atoms with van der Waals surface area (Å²) in [6.45, 7) is 2.13. The molecule has 0 saturated carbocycles. The monoisotopic (exact) mass is 670 g/mol. The van der Waals surface area contributed by atoms with Gasteiger partial charge in [0.15, 0.2) is 17.5 Å². The van der Waals surface area contributed by atoms with Gasteiger partial charge in [-0.3, -0.25) is 0 Å². The standard InChI is InChI=1S/C46H30N4S/c1-29-20-22-30(23-21-29)36-26-33(46-48-44(31-12-4-2-5-13-31)47-45(49-46)32-14-6-3-7-15-32)24-25-40(36)50-39-18-10-8-16-34(39)37-28-43-38(27-41(37)50)35-17-9-11-19-42(35)51-43/h2-28H,1H3. The highest BCUT2D eigenvalue weighted by Crippen LogP contribution is 2.42. The van der Waals surface area contributed by atoms with Crippen molar-refractivity contribution in [3.05, 3.63) is 169 Å². The summed E-state index contributed by atoms with van der Waals surface area (Å²) in [6, 6.07) is 58.0. The molecule has 3 heterocycles. The normalized spacial score (nSPS) is 11.6. The third-order valence-electron chi connectivity index (χ3n) is 9.73. The minimum atomic E-state index is 0.635. The van der Waals surface area contributed by atoms with Gasteiger partial charge in [-0.15, -0.1) is 11.3 Å². The molecular formula is C46H30N4S. The van der Waals surface area contributed by atoms with E-state index in [4.69, 9.17) is 15.0 Å². The van der Waals surface area contributed by atoms with Crippen molar-refractivity contribution in [2.24, 2.45) is 0 Å². The quantitative estimate of drug-likeness (QED) is 0.183. The molecule has 0 aliphatic rings. The van der Waals surface area contributed by atoms with Crippen LogP contribution in [0.5, 0.6) is 0 Å². The highest BCUT2D eigenvalue weighted by molar-refractivity contribution is 7.25. The lowest BCUT2D eigenvalue weighted by molar-refractivity contribution is 1.07. The van der Waals surface area contributed by atoms with Crippen LogP contribution in [0, 0.1) is 6.92 Å². The Kier molecular flexibility index (Phi) is 6.86. The van der Waals surface area contributed by atoms with E-state index < -0.39 is 0 Å². The Balaban J connectivity index is 1.25. The van der Waals surface area contributed by atoms with E-state index in [1.165, 1.54) is 47.5 Å². The van der Waals surface area contributed by atoms with Gasteiger partial charge >= 0.3 is 0 Å². The number of rotatable bonds is 5. The lowest BCUT2D eigenvalue weighted by Gasteiger charge is -2.16. The molecule has 0 aliphatic carbocycles. The van der Waals surface area contributed by atoms with E-state index in [0.29, 0.717) is 17.5 Å². The number of para-hydroxylation sites is 1. The van der Waals surface area contributed by atoms with Crippen LogP contribution in [-0.4, -0.2) is 19.5 Å². The van der Waals surface area contributed by atoms with Crippen LogP contribution in [0.3, 0.4) is 0 Å². The van der Waals surface area contributed by atoms with Gasteiger partial charge in [-0.25, -0.2) is 15.0 Å². The second-order valence-electron chi connectivity index (χ2n) is 13.0. The van der Waals surface area contributed by atoms with Crippen molar-refractivity contribution < 1.29 is 0 Å². The molecule has 0 radical (unpaired) electrons. The number of nitrogens with zero attached hydrogens (tertiary/aromatic N) is 4. The third-order valence-corrected chi connectivity index (χ3v) is 10.9. The van der Waals surface area contributed by atoms with Gasteiger partial charge in [0, 0.05) is 53.2 Å². The van der Waals surface area contributed by atoms with Gasteiger partial charge in [0.1, 0.15) is 0 Å². The van der Waals surface area contributed by atoms with Crippen molar-refractivity contribution in [2.75, 3.05) is 0 Å². The molecule has 0 fully saturated rings. The Morgan fingerprint density at radius 1 is 0.412 bits per heavy atom. The molecule has 10 aromatic rings. The summed E-state index contributed by atoms with van der Waals surface area (Å²) < 4.78 is 5.05. The Bertz CT molecular complexity index is 2850. The maximum absolute atomic E-state index is 5.07. The molecule has 0 N–H and O–H groups in total. The Morgan fingerprint density at radius 2 is 1.00 bits per heavy atom. The molecule has 0 bridgehead atoms. The minimum Gasteiger partial charge on any atom is -0.309 e. The van der Waals surface area contributed by atoms with E-state index in [9.17, 15) is 0 Å². The zero-order valence-corrected chi connectivity index (χ0v) is 28.6. The Labute approximate surface area is 299 Å². The van der Waals surface area contributed by atoms with Crippen LogP contribution >= 0.6 is 11.3 Å². The molecular weight excluding hydrogens is 641 g/mol. The first-order chi connectivity index (χ1) is 25.2. The molecule has 7 aromatic carbocycles. The largest absolute Gasteiger partial charge is 0.309 e. The van der Waals surface area contributed by atoms with Gasteiger partial charge in [-0.2, -0.15) is 0 Å². The van der Waals surface area contributed by atoms with Gasteiger partial charge in [-0.05, 0) is 55.0 Å². The van der Waals surface area contributed by atoms with E-state index in [2.05, 4.69) is 115 Å². The van der Waals surface area contributed by atoms with Crippen molar-refractivity contribution >= 4 is 53.3 Å². The summed E-state index contributed by atoms with van der Waals surface area (Å²) >= 11 is 1.86. The molecule has 5 heteroatoms. The van der Waals surface area contributed by atoms with E-state index in [1.807, 2.05) is 72.0 Å². The van der Waals surface area contributed by atoms with Gasteiger partial charge in [0.05, 0.1) is 16.7 Å². The van der Waals surface area contributed by atoms with Crippen LogP contribution in [0.25, 0.3) is 93.0 Å². The SMILES string of the molecule is Cc1ccc(-c2cc(-c3nc(-c4ccccc4)nc(-c4ccccc4)n3)ccc2-n2c3ccccc3c3cc4sc5ccccc5c4cc32)cc1. The first-order valence-corrected chi connectivity index (χ1v) is 17.9. The van der Waals surface area contributed by atoms with Gasteiger partial charge in [0.2, 0.25) is 0 Å². The summed E-state index contributed by atoms with van der Waals surface area (Å²) in [5.74, 6) is 1.93. The average Bonchev–Trinajstić information content (AvgIpc) is 3.72. The summed E-state index contributed by atoms with van der Waals surface area (Å²) in [7, 11) is 0. The van der Waals surface area contributed by atoms with Crippen molar-refractivity contribution in [1.82, 2.24) is 19.5 Å². The van der Waals surface area contributed by atoms with Crippen LogP contribution in [0.2, 0.25) is 0 Å². The molecule has 0 atom stereocenters.